The highest BCUT2D eigenvalue weighted by atomic mass is 19.4. The Hall–Kier alpha value is -1.92. The molecule has 0 spiro atoms. The second-order valence-electron chi connectivity index (χ2n) is 2.77. The third kappa shape index (κ3) is 3.04. The maximum atomic E-state index is 12.0. The lowest BCUT2D eigenvalue weighted by Gasteiger charge is -2.12. The lowest BCUT2D eigenvalue weighted by molar-refractivity contribution is -0.274. The second kappa shape index (κ2) is 4.30. The maximum Gasteiger partial charge on any atom is 0.573 e. The van der Waals surface area contributed by atoms with E-state index >= 15 is 0 Å². The van der Waals surface area contributed by atoms with Crippen molar-refractivity contribution in [2.24, 2.45) is 5.73 Å². The summed E-state index contributed by atoms with van der Waals surface area (Å²) in [6, 6.07) is 3.27. The van der Waals surface area contributed by atoms with Gasteiger partial charge in [0.1, 0.15) is 11.5 Å². The zero-order valence-electron chi connectivity index (χ0n) is 8.17. The molecular weight excluding hydrogens is 227 g/mol. The summed E-state index contributed by atoms with van der Waals surface area (Å²) >= 11 is 0. The summed E-state index contributed by atoms with van der Waals surface area (Å²) in [5.74, 6) is -1.47. The van der Waals surface area contributed by atoms with Crippen LogP contribution in [0.15, 0.2) is 18.2 Å². The lowest BCUT2D eigenvalue weighted by atomic mass is 10.2. The number of halogens is 3. The van der Waals surface area contributed by atoms with Gasteiger partial charge in [-0.15, -0.1) is 13.2 Å². The number of amides is 1. The van der Waals surface area contributed by atoms with Gasteiger partial charge in [-0.25, -0.2) is 0 Å². The van der Waals surface area contributed by atoms with Crippen LogP contribution < -0.4 is 15.2 Å². The zero-order valence-corrected chi connectivity index (χ0v) is 8.17. The first-order valence-corrected chi connectivity index (χ1v) is 4.07. The summed E-state index contributed by atoms with van der Waals surface area (Å²) < 4.78 is 44.3. The normalized spacial score (nSPS) is 11.0. The number of rotatable bonds is 3. The maximum absolute atomic E-state index is 12.0. The van der Waals surface area contributed by atoms with Crippen LogP contribution in [0, 0.1) is 0 Å². The minimum atomic E-state index is -4.88. The highest BCUT2D eigenvalue weighted by molar-refractivity contribution is 5.96. The molecule has 0 aliphatic carbocycles. The summed E-state index contributed by atoms with van der Waals surface area (Å²) in [7, 11) is 1.31. The number of carbonyl (C=O) groups is 1. The first-order valence-electron chi connectivity index (χ1n) is 4.07. The van der Waals surface area contributed by atoms with Crippen LogP contribution >= 0.6 is 0 Å². The Balaban J connectivity index is 3.13. The van der Waals surface area contributed by atoms with Gasteiger partial charge in [0.05, 0.1) is 12.7 Å². The van der Waals surface area contributed by atoms with Crippen LogP contribution in [0.2, 0.25) is 0 Å². The minimum absolute atomic E-state index is 0.211. The number of methoxy groups -OCH3 is 1. The molecule has 1 amide bonds. The van der Waals surface area contributed by atoms with Crippen LogP contribution in [0.5, 0.6) is 11.5 Å². The monoisotopic (exact) mass is 235 g/mol. The summed E-state index contributed by atoms with van der Waals surface area (Å²) in [5.41, 5.74) is 4.52. The SMILES string of the molecule is COc1ccc(OC(F)(F)F)c(C(N)=O)c1. The van der Waals surface area contributed by atoms with E-state index in [0.29, 0.717) is 0 Å². The Morgan fingerprint density at radius 2 is 2.00 bits per heavy atom. The van der Waals surface area contributed by atoms with E-state index in [0.717, 1.165) is 12.1 Å². The molecule has 16 heavy (non-hydrogen) atoms. The van der Waals surface area contributed by atoms with Crippen molar-refractivity contribution in [3.05, 3.63) is 23.8 Å². The molecule has 0 aromatic heterocycles. The first kappa shape index (κ1) is 12.2. The Morgan fingerprint density at radius 3 is 2.44 bits per heavy atom. The Morgan fingerprint density at radius 1 is 1.38 bits per heavy atom. The van der Waals surface area contributed by atoms with Crippen LogP contribution in [-0.2, 0) is 0 Å². The summed E-state index contributed by atoms with van der Waals surface area (Å²) in [4.78, 5) is 10.9. The van der Waals surface area contributed by atoms with E-state index in [2.05, 4.69) is 4.74 Å². The highest BCUT2D eigenvalue weighted by Crippen LogP contribution is 2.29. The van der Waals surface area contributed by atoms with Crippen molar-refractivity contribution >= 4 is 5.91 Å². The highest BCUT2D eigenvalue weighted by Gasteiger charge is 2.32. The van der Waals surface area contributed by atoms with Gasteiger partial charge in [-0.2, -0.15) is 0 Å². The van der Waals surface area contributed by atoms with E-state index in [-0.39, 0.29) is 5.75 Å². The van der Waals surface area contributed by atoms with E-state index in [9.17, 15) is 18.0 Å². The number of primary amides is 1. The molecule has 2 N–H and O–H groups in total. The average Bonchev–Trinajstić information content (AvgIpc) is 2.15. The van der Waals surface area contributed by atoms with Crippen LogP contribution in [0.4, 0.5) is 13.2 Å². The van der Waals surface area contributed by atoms with Gasteiger partial charge in [0, 0.05) is 0 Å². The van der Waals surface area contributed by atoms with Crippen molar-refractivity contribution in [1.82, 2.24) is 0 Å². The number of hydrogen-bond donors (Lipinski definition) is 1. The fourth-order valence-corrected chi connectivity index (χ4v) is 1.04. The molecule has 4 nitrogen and oxygen atoms in total. The molecule has 0 bridgehead atoms. The second-order valence-corrected chi connectivity index (χ2v) is 2.77. The Bertz CT molecular complexity index is 403. The molecule has 0 aliphatic heterocycles. The molecule has 0 fully saturated rings. The summed E-state index contributed by atoms with van der Waals surface area (Å²) in [6.45, 7) is 0. The molecule has 0 atom stereocenters. The van der Waals surface area contributed by atoms with Gasteiger partial charge in [-0.05, 0) is 18.2 Å². The molecule has 0 saturated carbocycles. The van der Waals surface area contributed by atoms with Gasteiger partial charge in [0.15, 0.2) is 0 Å². The summed E-state index contributed by atoms with van der Waals surface area (Å²) in [5, 5.41) is 0. The summed E-state index contributed by atoms with van der Waals surface area (Å²) in [6.07, 6.45) is -4.88. The Labute approximate surface area is 88.8 Å². The number of alkyl halides is 3. The molecule has 1 aromatic carbocycles. The molecule has 1 aromatic rings. The fourth-order valence-electron chi connectivity index (χ4n) is 1.04. The molecule has 0 radical (unpaired) electrons. The molecule has 7 heteroatoms. The number of carbonyl (C=O) groups excluding carboxylic acids is 1. The molecule has 0 heterocycles. The predicted molar refractivity (Wildman–Crippen MR) is 48.2 cm³/mol. The van der Waals surface area contributed by atoms with Crippen molar-refractivity contribution < 1.29 is 27.4 Å². The van der Waals surface area contributed by atoms with E-state index in [1.807, 2.05) is 0 Å². The predicted octanol–water partition coefficient (Wildman–Crippen LogP) is 1.69. The van der Waals surface area contributed by atoms with E-state index in [1.165, 1.54) is 13.2 Å². The fraction of sp³-hybridized carbons (Fsp3) is 0.222. The first-order chi connectivity index (χ1) is 7.33. The molecule has 0 unspecified atom stereocenters. The standard InChI is InChI=1S/C9H8F3NO3/c1-15-5-2-3-7(16-9(10,11)12)6(4-5)8(13)14/h2-4H,1H3,(H2,13,14). The quantitative estimate of drug-likeness (QED) is 0.867. The average molecular weight is 235 g/mol. The molecular formula is C9H8F3NO3. The number of hydrogen-bond acceptors (Lipinski definition) is 3. The van der Waals surface area contributed by atoms with Crippen LogP contribution in [0.25, 0.3) is 0 Å². The van der Waals surface area contributed by atoms with Crippen LogP contribution in [0.3, 0.4) is 0 Å². The van der Waals surface area contributed by atoms with Crippen LogP contribution in [-0.4, -0.2) is 19.4 Å². The number of benzene rings is 1. The van der Waals surface area contributed by atoms with Gasteiger partial charge in [-0.1, -0.05) is 0 Å². The van der Waals surface area contributed by atoms with Crippen molar-refractivity contribution in [1.29, 1.82) is 0 Å². The van der Waals surface area contributed by atoms with Gasteiger partial charge >= 0.3 is 6.36 Å². The van der Waals surface area contributed by atoms with Crippen molar-refractivity contribution in [2.45, 2.75) is 6.36 Å². The number of ether oxygens (including phenoxy) is 2. The topological polar surface area (TPSA) is 61.6 Å². The minimum Gasteiger partial charge on any atom is -0.497 e. The largest absolute Gasteiger partial charge is 0.573 e. The molecule has 88 valence electrons. The van der Waals surface area contributed by atoms with Gasteiger partial charge in [-0.3, -0.25) is 4.79 Å². The van der Waals surface area contributed by atoms with E-state index < -0.39 is 23.6 Å². The van der Waals surface area contributed by atoms with E-state index in [1.54, 1.807) is 0 Å². The third-order valence-corrected chi connectivity index (χ3v) is 1.68. The van der Waals surface area contributed by atoms with Gasteiger partial charge in [0.25, 0.3) is 5.91 Å². The van der Waals surface area contributed by atoms with Crippen molar-refractivity contribution in [3.63, 3.8) is 0 Å². The third-order valence-electron chi connectivity index (χ3n) is 1.68. The van der Waals surface area contributed by atoms with Crippen LogP contribution in [0.1, 0.15) is 10.4 Å². The zero-order chi connectivity index (χ0) is 12.3. The van der Waals surface area contributed by atoms with Crippen molar-refractivity contribution in [3.8, 4) is 11.5 Å². The molecule has 0 saturated heterocycles. The van der Waals surface area contributed by atoms with Crippen molar-refractivity contribution in [2.75, 3.05) is 7.11 Å². The molecule has 0 aliphatic rings. The van der Waals surface area contributed by atoms with Gasteiger partial charge < -0.3 is 15.2 Å². The smallest absolute Gasteiger partial charge is 0.497 e. The Kier molecular flexibility index (Phi) is 3.26. The lowest BCUT2D eigenvalue weighted by Crippen LogP contribution is -2.21. The number of nitrogens with two attached hydrogens (primary N) is 1. The van der Waals surface area contributed by atoms with Gasteiger partial charge in [0.2, 0.25) is 0 Å². The molecule has 1 rings (SSSR count). The van der Waals surface area contributed by atoms with E-state index in [4.69, 9.17) is 10.5 Å².